The van der Waals surface area contributed by atoms with Crippen LogP contribution in [-0.4, -0.2) is 22.1 Å². The average Bonchev–Trinajstić information content (AvgIpc) is 2.42. The van der Waals surface area contributed by atoms with Crippen LogP contribution in [0.4, 0.5) is 0 Å². The zero-order valence-corrected chi connectivity index (χ0v) is 10.8. The van der Waals surface area contributed by atoms with Crippen LogP contribution in [0.2, 0.25) is 0 Å². The Morgan fingerprint density at radius 1 is 1.29 bits per heavy atom. The fourth-order valence-corrected chi connectivity index (χ4v) is 2.60. The summed E-state index contributed by atoms with van der Waals surface area (Å²) in [5, 5.41) is 0. The lowest BCUT2D eigenvalue weighted by Crippen LogP contribution is -2.10. The van der Waals surface area contributed by atoms with Crippen molar-refractivity contribution < 1.29 is 0 Å². The molecule has 0 unspecified atom stereocenters. The van der Waals surface area contributed by atoms with Gasteiger partial charge < -0.3 is 4.90 Å². The number of halogens is 1. The number of benzene rings is 1. The van der Waals surface area contributed by atoms with Crippen molar-refractivity contribution in [1.82, 2.24) is 8.01 Å². The lowest BCUT2D eigenvalue weighted by Gasteiger charge is -2.10. The Hall–Kier alpha value is -0.130. The van der Waals surface area contributed by atoms with E-state index in [1.54, 1.807) is 0 Å². The molecule has 14 heavy (non-hydrogen) atoms. The Morgan fingerprint density at radius 3 is 2.71 bits per heavy atom. The maximum atomic E-state index is 2.39. The second-order valence-electron chi connectivity index (χ2n) is 4.12. The molecule has 0 fully saturated rings. The van der Waals surface area contributed by atoms with Crippen molar-refractivity contribution in [3.63, 3.8) is 0 Å². The van der Waals surface area contributed by atoms with Gasteiger partial charge in [-0.1, -0.05) is 18.2 Å². The van der Waals surface area contributed by atoms with E-state index in [1.807, 2.05) is 0 Å². The maximum absolute atomic E-state index is 2.39. The minimum Gasteiger partial charge on any atom is -0.305 e. The fourth-order valence-electron chi connectivity index (χ4n) is 1.87. The third-order valence-electron chi connectivity index (χ3n) is 2.45. The molecule has 0 atom stereocenters. The minimum atomic E-state index is 1.04. The number of rotatable bonds is 2. The number of hydrogen-bond donors (Lipinski definition) is 0. The summed E-state index contributed by atoms with van der Waals surface area (Å²) >= 11 is 2.39. The number of hydrogen-bond acceptors (Lipinski definition) is 2. The van der Waals surface area contributed by atoms with Crippen LogP contribution in [0, 0.1) is 0 Å². The molecular formula is C11H15IN2. The summed E-state index contributed by atoms with van der Waals surface area (Å²) < 4.78 is 2.32. The molecular weight excluding hydrogens is 287 g/mol. The predicted octanol–water partition coefficient (Wildman–Crippen LogP) is 2.41. The van der Waals surface area contributed by atoms with Crippen LogP contribution < -0.4 is 0 Å². The van der Waals surface area contributed by atoms with Crippen LogP contribution in [0.3, 0.4) is 0 Å². The van der Waals surface area contributed by atoms with Crippen molar-refractivity contribution in [3.05, 3.63) is 34.9 Å². The highest BCUT2D eigenvalue weighted by molar-refractivity contribution is 14.1. The largest absolute Gasteiger partial charge is 0.305 e. The van der Waals surface area contributed by atoms with Gasteiger partial charge in [-0.3, -0.25) is 0 Å². The van der Waals surface area contributed by atoms with Gasteiger partial charge in [0.15, 0.2) is 0 Å². The molecule has 0 saturated heterocycles. The summed E-state index contributed by atoms with van der Waals surface area (Å²) in [6.07, 6.45) is 0. The Labute approximate surface area is 99.4 Å². The van der Waals surface area contributed by atoms with Crippen molar-refractivity contribution in [2.75, 3.05) is 14.1 Å². The van der Waals surface area contributed by atoms with Gasteiger partial charge >= 0.3 is 0 Å². The van der Waals surface area contributed by atoms with Crippen LogP contribution >= 0.6 is 22.9 Å². The van der Waals surface area contributed by atoms with Gasteiger partial charge in [-0.2, -0.15) is 0 Å². The zero-order chi connectivity index (χ0) is 10.1. The van der Waals surface area contributed by atoms with E-state index in [-0.39, 0.29) is 0 Å². The van der Waals surface area contributed by atoms with E-state index in [1.165, 1.54) is 16.7 Å². The molecule has 1 aliphatic heterocycles. The van der Waals surface area contributed by atoms with Crippen molar-refractivity contribution in [2.24, 2.45) is 0 Å². The normalized spacial score (nSPS) is 16.3. The second-order valence-corrected chi connectivity index (χ2v) is 5.48. The first-order chi connectivity index (χ1) is 6.65. The van der Waals surface area contributed by atoms with Crippen molar-refractivity contribution >= 4 is 22.9 Å². The second kappa shape index (κ2) is 4.16. The smallest absolute Gasteiger partial charge is 0.0339 e. The van der Waals surface area contributed by atoms with Crippen molar-refractivity contribution in [1.29, 1.82) is 0 Å². The molecule has 0 aliphatic carbocycles. The Morgan fingerprint density at radius 2 is 2.00 bits per heavy atom. The molecule has 1 heterocycles. The summed E-state index contributed by atoms with van der Waals surface area (Å²) in [5.41, 5.74) is 4.40. The highest BCUT2D eigenvalue weighted by atomic mass is 127. The van der Waals surface area contributed by atoms with Crippen LogP contribution in [0.15, 0.2) is 18.2 Å². The van der Waals surface area contributed by atoms with E-state index in [2.05, 4.69) is 63.2 Å². The number of nitrogens with zero attached hydrogens (tertiary/aromatic N) is 2. The van der Waals surface area contributed by atoms with Crippen LogP contribution in [0.5, 0.6) is 0 Å². The molecule has 0 aromatic heterocycles. The SMILES string of the molecule is CN(C)Cc1ccc2c(c1)CN(I)C2. The van der Waals surface area contributed by atoms with E-state index in [0.29, 0.717) is 0 Å². The van der Waals surface area contributed by atoms with Gasteiger partial charge in [0.25, 0.3) is 0 Å². The third kappa shape index (κ3) is 2.27. The Bertz CT molecular complexity index is 336. The molecule has 0 spiro atoms. The first-order valence-corrected chi connectivity index (χ1v) is 5.78. The maximum Gasteiger partial charge on any atom is 0.0339 e. The molecule has 2 rings (SSSR count). The van der Waals surface area contributed by atoms with Crippen LogP contribution in [0.1, 0.15) is 16.7 Å². The lowest BCUT2D eigenvalue weighted by molar-refractivity contribution is 0.402. The minimum absolute atomic E-state index is 1.04. The van der Waals surface area contributed by atoms with E-state index in [4.69, 9.17) is 0 Å². The van der Waals surface area contributed by atoms with E-state index in [9.17, 15) is 0 Å². The quantitative estimate of drug-likeness (QED) is 0.611. The standard InChI is InChI=1S/C11H15IN2/c1-13(2)6-9-3-4-10-7-14(12)8-11(10)5-9/h3-5H,6-8H2,1-2H3. The van der Waals surface area contributed by atoms with Crippen molar-refractivity contribution in [3.8, 4) is 0 Å². The molecule has 1 aromatic rings. The molecule has 76 valence electrons. The van der Waals surface area contributed by atoms with Gasteiger partial charge in [0.2, 0.25) is 0 Å². The van der Waals surface area contributed by atoms with Gasteiger partial charge in [0, 0.05) is 42.5 Å². The molecule has 3 heteroatoms. The molecule has 1 aliphatic rings. The molecule has 2 nitrogen and oxygen atoms in total. The Balaban J connectivity index is 2.20. The van der Waals surface area contributed by atoms with Crippen LogP contribution in [-0.2, 0) is 19.6 Å². The average molecular weight is 302 g/mol. The monoisotopic (exact) mass is 302 g/mol. The topological polar surface area (TPSA) is 6.48 Å². The van der Waals surface area contributed by atoms with E-state index >= 15 is 0 Å². The van der Waals surface area contributed by atoms with Gasteiger partial charge in [0.1, 0.15) is 0 Å². The van der Waals surface area contributed by atoms with Crippen LogP contribution in [0.25, 0.3) is 0 Å². The summed E-state index contributed by atoms with van der Waals surface area (Å²) in [6, 6.07) is 6.86. The Kier molecular flexibility index (Phi) is 3.09. The van der Waals surface area contributed by atoms with Gasteiger partial charge in [0.05, 0.1) is 0 Å². The lowest BCUT2D eigenvalue weighted by atomic mass is 10.1. The van der Waals surface area contributed by atoms with Gasteiger partial charge in [-0.25, -0.2) is 3.11 Å². The molecule has 0 N–H and O–H groups in total. The summed E-state index contributed by atoms with van der Waals surface area (Å²) in [4.78, 5) is 2.21. The molecule has 0 saturated carbocycles. The molecule has 0 radical (unpaired) electrons. The zero-order valence-electron chi connectivity index (χ0n) is 8.63. The van der Waals surface area contributed by atoms with Gasteiger partial charge in [-0.15, -0.1) is 0 Å². The first kappa shape index (κ1) is 10.4. The number of fused-ring (bicyclic) bond motifs is 1. The summed E-state index contributed by atoms with van der Waals surface area (Å²) in [6.45, 7) is 3.23. The van der Waals surface area contributed by atoms with Crippen molar-refractivity contribution in [2.45, 2.75) is 19.6 Å². The van der Waals surface area contributed by atoms with E-state index in [0.717, 1.165) is 19.6 Å². The predicted molar refractivity (Wildman–Crippen MR) is 67.1 cm³/mol. The highest BCUT2D eigenvalue weighted by Gasteiger charge is 2.16. The van der Waals surface area contributed by atoms with Gasteiger partial charge in [-0.05, 0) is 30.8 Å². The molecule has 0 bridgehead atoms. The van der Waals surface area contributed by atoms with E-state index < -0.39 is 0 Å². The summed E-state index contributed by atoms with van der Waals surface area (Å²) in [5.74, 6) is 0. The fraction of sp³-hybridized carbons (Fsp3) is 0.455. The molecule has 1 aromatic carbocycles. The third-order valence-corrected chi connectivity index (χ3v) is 3.14. The summed E-state index contributed by atoms with van der Waals surface area (Å²) in [7, 11) is 4.22. The highest BCUT2D eigenvalue weighted by Crippen LogP contribution is 2.26. The molecule has 0 amide bonds. The first-order valence-electron chi connectivity index (χ1n) is 4.81.